The van der Waals surface area contributed by atoms with Crippen LogP contribution in [0.15, 0.2) is 12.3 Å². The quantitative estimate of drug-likeness (QED) is 0.598. The van der Waals surface area contributed by atoms with Crippen molar-refractivity contribution in [1.29, 1.82) is 0 Å². The Morgan fingerprint density at radius 1 is 1.35 bits per heavy atom. The van der Waals surface area contributed by atoms with Crippen LogP contribution in [0.1, 0.15) is 18.4 Å². The second-order valence-corrected chi connectivity index (χ2v) is 4.01. The zero-order valence-corrected chi connectivity index (χ0v) is 10.2. The van der Waals surface area contributed by atoms with Crippen LogP contribution in [-0.2, 0) is 5.88 Å². The summed E-state index contributed by atoms with van der Waals surface area (Å²) in [5, 5.41) is 0.246. The van der Waals surface area contributed by atoms with Gasteiger partial charge in [0.05, 0.1) is 6.61 Å². The molecule has 1 aromatic heterocycles. The van der Waals surface area contributed by atoms with Crippen molar-refractivity contribution in [2.45, 2.75) is 24.9 Å². The van der Waals surface area contributed by atoms with E-state index < -0.39 is 12.6 Å². The van der Waals surface area contributed by atoms with Gasteiger partial charge in [0, 0.05) is 18.5 Å². The number of alkyl halides is 4. The summed E-state index contributed by atoms with van der Waals surface area (Å²) in [5.74, 6) is 0.392. The summed E-state index contributed by atoms with van der Waals surface area (Å²) in [6.07, 6.45) is -3.70. The molecule has 0 saturated carbocycles. The summed E-state index contributed by atoms with van der Waals surface area (Å²) in [6, 6.07) is 1.57. The van der Waals surface area contributed by atoms with Crippen molar-refractivity contribution in [3.8, 4) is 5.88 Å². The Hall–Kier alpha value is -0.680. The largest absolute Gasteiger partial charge is 0.477 e. The van der Waals surface area contributed by atoms with Crippen LogP contribution >= 0.6 is 23.2 Å². The Bertz CT molecular complexity index is 371. The number of nitrogens with zero attached hydrogens (tertiary/aromatic N) is 1. The molecular weight excluding hydrogens is 278 g/mol. The predicted octanol–water partition coefficient (Wildman–Crippen LogP) is 4.20. The third-order valence-electron chi connectivity index (χ3n) is 1.86. The van der Waals surface area contributed by atoms with Gasteiger partial charge in [0.1, 0.15) is 5.02 Å². The van der Waals surface area contributed by atoms with Crippen molar-refractivity contribution >= 4 is 23.2 Å². The normalized spacial score (nSPS) is 11.6. The molecule has 0 amide bonds. The van der Waals surface area contributed by atoms with Crippen molar-refractivity contribution in [1.82, 2.24) is 4.98 Å². The van der Waals surface area contributed by atoms with Gasteiger partial charge >= 0.3 is 6.18 Å². The topological polar surface area (TPSA) is 22.1 Å². The van der Waals surface area contributed by atoms with Crippen molar-refractivity contribution in [2.75, 3.05) is 6.61 Å². The number of hydrogen-bond donors (Lipinski definition) is 0. The molecule has 96 valence electrons. The lowest BCUT2D eigenvalue weighted by Crippen LogP contribution is -2.10. The zero-order chi connectivity index (χ0) is 12.9. The smallest absolute Gasteiger partial charge is 0.389 e. The minimum atomic E-state index is -4.16. The number of rotatable bonds is 5. The number of hydrogen-bond acceptors (Lipinski definition) is 2. The molecule has 7 heteroatoms. The van der Waals surface area contributed by atoms with E-state index in [2.05, 4.69) is 4.98 Å². The van der Waals surface area contributed by atoms with E-state index in [1.165, 1.54) is 6.20 Å². The molecule has 1 aromatic rings. The maximum absolute atomic E-state index is 11.8. The van der Waals surface area contributed by atoms with E-state index in [1.807, 2.05) is 0 Å². The maximum atomic E-state index is 11.8. The van der Waals surface area contributed by atoms with Gasteiger partial charge in [0.15, 0.2) is 0 Å². The molecule has 0 aliphatic rings. The standard InChI is InChI=1S/C10H10Cl2F3NO/c11-5-7-4-8(12)9(16-6-7)17-3-1-2-10(13,14)15/h4,6H,1-3,5H2. The molecule has 0 aliphatic heterocycles. The first kappa shape index (κ1) is 14.4. The van der Waals surface area contributed by atoms with Gasteiger partial charge < -0.3 is 4.74 Å². The van der Waals surface area contributed by atoms with Gasteiger partial charge in [-0.25, -0.2) is 4.98 Å². The molecule has 0 atom stereocenters. The lowest BCUT2D eigenvalue weighted by atomic mass is 10.3. The van der Waals surface area contributed by atoms with E-state index in [-0.39, 0.29) is 29.8 Å². The third-order valence-corrected chi connectivity index (χ3v) is 2.44. The molecular formula is C10H10Cl2F3NO. The van der Waals surface area contributed by atoms with Gasteiger partial charge in [0.2, 0.25) is 5.88 Å². The second-order valence-electron chi connectivity index (χ2n) is 3.33. The van der Waals surface area contributed by atoms with Gasteiger partial charge in [-0.3, -0.25) is 0 Å². The van der Waals surface area contributed by atoms with Crippen molar-refractivity contribution in [2.24, 2.45) is 0 Å². The van der Waals surface area contributed by atoms with Crippen molar-refractivity contribution in [3.63, 3.8) is 0 Å². The fourth-order valence-corrected chi connectivity index (χ4v) is 1.48. The van der Waals surface area contributed by atoms with E-state index >= 15 is 0 Å². The van der Waals surface area contributed by atoms with Gasteiger partial charge in [-0.05, 0) is 18.1 Å². The van der Waals surface area contributed by atoms with Crippen LogP contribution in [0.3, 0.4) is 0 Å². The van der Waals surface area contributed by atoms with E-state index in [0.717, 1.165) is 5.56 Å². The van der Waals surface area contributed by atoms with Gasteiger partial charge in [-0.15, -0.1) is 11.6 Å². The summed E-state index contributed by atoms with van der Waals surface area (Å²) >= 11 is 11.4. The molecule has 0 spiro atoms. The Morgan fingerprint density at radius 3 is 2.59 bits per heavy atom. The monoisotopic (exact) mass is 287 g/mol. The van der Waals surface area contributed by atoms with Gasteiger partial charge in [0.25, 0.3) is 0 Å². The Balaban J connectivity index is 2.42. The fraction of sp³-hybridized carbons (Fsp3) is 0.500. The van der Waals surface area contributed by atoms with Crippen LogP contribution in [0, 0.1) is 0 Å². The first-order valence-corrected chi connectivity index (χ1v) is 5.73. The Labute approximate surface area is 107 Å². The molecule has 0 aliphatic carbocycles. The van der Waals surface area contributed by atoms with Crippen LogP contribution in [0.5, 0.6) is 5.88 Å². The minimum Gasteiger partial charge on any atom is -0.477 e. The predicted molar refractivity (Wildman–Crippen MR) is 59.6 cm³/mol. The van der Waals surface area contributed by atoms with Crippen molar-refractivity contribution < 1.29 is 17.9 Å². The molecule has 0 bridgehead atoms. The molecule has 1 rings (SSSR count). The average Bonchev–Trinajstić information content (AvgIpc) is 2.24. The lowest BCUT2D eigenvalue weighted by molar-refractivity contribution is -0.136. The highest BCUT2D eigenvalue weighted by Crippen LogP contribution is 2.24. The molecule has 0 unspecified atom stereocenters. The molecule has 2 nitrogen and oxygen atoms in total. The van der Waals surface area contributed by atoms with E-state index in [0.29, 0.717) is 0 Å². The van der Waals surface area contributed by atoms with Gasteiger partial charge in [-0.1, -0.05) is 11.6 Å². The first-order chi connectivity index (χ1) is 7.92. The number of halogens is 5. The number of ether oxygens (including phenoxy) is 1. The van der Waals surface area contributed by atoms with Crippen LogP contribution in [0.4, 0.5) is 13.2 Å². The average molecular weight is 288 g/mol. The molecule has 0 fully saturated rings. The summed E-state index contributed by atoms with van der Waals surface area (Å²) < 4.78 is 40.6. The summed E-state index contributed by atoms with van der Waals surface area (Å²) in [4.78, 5) is 3.86. The summed E-state index contributed by atoms with van der Waals surface area (Å²) in [5.41, 5.74) is 0.722. The summed E-state index contributed by atoms with van der Waals surface area (Å²) in [6.45, 7) is -0.0769. The zero-order valence-electron chi connectivity index (χ0n) is 8.73. The molecule has 0 saturated heterocycles. The van der Waals surface area contributed by atoms with Gasteiger partial charge in [-0.2, -0.15) is 13.2 Å². The second kappa shape index (κ2) is 6.31. The SMILES string of the molecule is FC(F)(F)CCCOc1ncc(CCl)cc1Cl. The lowest BCUT2D eigenvalue weighted by Gasteiger charge is -2.09. The fourth-order valence-electron chi connectivity index (χ4n) is 1.09. The molecule has 1 heterocycles. The van der Waals surface area contributed by atoms with E-state index in [1.54, 1.807) is 6.07 Å². The Morgan fingerprint density at radius 2 is 2.06 bits per heavy atom. The molecule has 0 N–H and O–H groups in total. The highest BCUT2D eigenvalue weighted by Gasteiger charge is 2.26. The van der Waals surface area contributed by atoms with Crippen LogP contribution in [0.2, 0.25) is 5.02 Å². The van der Waals surface area contributed by atoms with Crippen LogP contribution in [-0.4, -0.2) is 17.8 Å². The van der Waals surface area contributed by atoms with E-state index in [4.69, 9.17) is 27.9 Å². The first-order valence-electron chi connectivity index (χ1n) is 4.82. The third kappa shape index (κ3) is 5.46. The van der Waals surface area contributed by atoms with Crippen molar-refractivity contribution in [3.05, 3.63) is 22.8 Å². The Kier molecular flexibility index (Phi) is 5.33. The number of pyridine rings is 1. The molecule has 17 heavy (non-hydrogen) atoms. The van der Waals surface area contributed by atoms with Crippen LogP contribution < -0.4 is 4.74 Å². The van der Waals surface area contributed by atoms with Crippen LogP contribution in [0.25, 0.3) is 0 Å². The summed E-state index contributed by atoms with van der Waals surface area (Å²) in [7, 11) is 0. The minimum absolute atomic E-state index is 0.0769. The number of aromatic nitrogens is 1. The molecule has 0 radical (unpaired) electrons. The highest BCUT2D eigenvalue weighted by molar-refractivity contribution is 6.32. The molecule has 0 aromatic carbocycles. The maximum Gasteiger partial charge on any atom is 0.389 e. The van der Waals surface area contributed by atoms with E-state index in [9.17, 15) is 13.2 Å². The highest BCUT2D eigenvalue weighted by atomic mass is 35.5.